The molecule has 11 rings (SSSR count). The number of carboxylic acids is 1. The number of esters is 1. The molecule has 4 saturated carbocycles. The number of rotatable bonds is 18. The predicted octanol–water partition coefficient (Wildman–Crippen LogP) is -5.40. The third-order valence-corrected chi connectivity index (χ3v) is 24.7. The van der Waals surface area contributed by atoms with Crippen molar-refractivity contribution < 1.29 is 158 Å². The van der Waals surface area contributed by atoms with E-state index < -0.39 is 262 Å². The average Bonchev–Trinajstić information content (AvgIpc) is 1.17. The quantitative estimate of drug-likeness (QED) is 0.0346. The summed E-state index contributed by atoms with van der Waals surface area (Å²) in [5, 5.41) is 196. The summed E-state index contributed by atoms with van der Waals surface area (Å²) in [5.41, 5.74) is -6.72. The van der Waals surface area contributed by atoms with E-state index in [4.69, 9.17) is 56.8 Å². The third kappa shape index (κ3) is 12.1. The summed E-state index contributed by atoms with van der Waals surface area (Å²) in [6.07, 6.45) is -40.0. The van der Waals surface area contributed by atoms with Crippen LogP contribution in [0.25, 0.3) is 0 Å². The van der Waals surface area contributed by atoms with Crippen LogP contribution in [0, 0.1) is 50.2 Å². The van der Waals surface area contributed by atoms with E-state index in [2.05, 4.69) is 33.8 Å². The number of carbonyl (C=O) groups is 2. The number of ether oxygens (including phenoxy) is 12. The molecule has 0 amide bonds. The van der Waals surface area contributed by atoms with Gasteiger partial charge in [-0.25, -0.2) is 0 Å². The lowest BCUT2D eigenvalue weighted by molar-refractivity contribution is -0.373. The van der Waals surface area contributed by atoms with E-state index in [1.807, 2.05) is 6.92 Å². The Kier molecular flexibility index (Phi) is 21.0. The van der Waals surface area contributed by atoms with Crippen molar-refractivity contribution in [2.24, 2.45) is 50.2 Å². The predicted molar refractivity (Wildman–Crippen MR) is 312 cm³/mol. The van der Waals surface area contributed by atoms with Gasteiger partial charge in [0.05, 0.1) is 62.7 Å². The Bertz CT molecular complexity index is 2750. The van der Waals surface area contributed by atoms with Crippen molar-refractivity contribution in [2.45, 2.75) is 278 Å². The van der Waals surface area contributed by atoms with Gasteiger partial charge in [0.2, 0.25) is 6.29 Å². The zero-order chi connectivity index (χ0) is 69.4. The number of hydrogen-bond donors (Lipinski definition) is 18. The molecule has 10 fully saturated rings. The maximum absolute atomic E-state index is 15.6. The van der Waals surface area contributed by atoms with Crippen LogP contribution in [-0.4, -0.2) is 315 Å². The molecule has 32 nitrogen and oxygen atoms in total. The second-order valence-corrected chi connectivity index (χ2v) is 30.5. The molecular formula is C63H100O32. The Morgan fingerprint density at radius 3 is 1.63 bits per heavy atom. The van der Waals surface area contributed by atoms with Gasteiger partial charge in [0.15, 0.2) is 37.6 Å². The van der Waals surface area contributed by atoms with E-state index >= 15 is 4.79 Å². The molecule has 5 aliphatic carbocycles. The first-order valence-electron chi connectivity index (χ1n) is 33.2. The fraction of sp³-hybridized carbons (Fsp3) is 0.937. The zero-order valence-corrected chi connectivity index (χ0v) is 54.3. The zero-order valence-electron chi connectivity index (χ0n) is 54.3. The van der Waals surface area contributed by atoms with Gasteiger partial charge in [0.25, 0.3) is 0 Å². The number of allylic oxidation sites excluding steroid dienone is 2. The number of carboxylic acid groups (broad SMARTS) is 1. The minimum absolute atomic E-state index is 0.00962. The average molecular weight is 1370 g/mol. The molecule has 0 aromatic rings. The summed E-state index contributed by atoms with van der Waals surface area (Å²) >= 11 is 0. The first-order valence-corrected chi connectivity index (χ1v) is 33.2. The summed E-state index contributed by atoms with van der Waals surface area (Å²) < 4.78 is 71.7. The highest BCUT2D eigenvalue weighted by atomic mass is 16.8. The molecule has 32 heteroatoms. The Hall–Kier alpha value is -2.44. The summed E-state index contributed by atoms with van der Waals surface area (Å²) in [4.78, 5) is 29.7. The van der Waals surface area contributed by atoms with Gasteiger partial charge in [-0.05, 0) is 111 Å². The molecule has 6 aliphatic heterocycles. The first-order chi connectivity index (χ1) is 44.6. The molecule has 11 aliphatic rings. The Labute approximate surface area is 548 Å². The fourth-order valence-electron chi connectivity index (χ4n) is 18.8. The molecule has 36 atom stereocenters. The van der Waals surface area contributed by atoms with Crippen LogP contribution >= 0.6 is 0 Å². The van der Waals surface area contributed by atoms with E-state index in [1.165, 1.54) is 13.8 Å². The molecule has 6 heterocycles. The maximum Gasteiger partial charge on any atom is 0.315 e. The molecule has 18 N–H and O–H groups in total. The highest BCUT2D eigenvalue weighted by molar-refractivity contribution is 5.79. The van der Waals surface area contributed by atoms with Crippen molar-refractivity contribution in [1.29, 1.82) is 0 Å². The van der Waals surface area contributed by atoms with Gasteiger partial charge in [-0.3, -0.25) is 9.59 Å². The number of aliphatic hydroxyl groups is 17. The van der Waals surface area contributed by atoms with Crippen molar-refractivity contribution in [3.63, 3.8) is 0 Å². The largest absolute Gasteiger partial charge is 0.481 e. The molecule has 0 aromatic carbocycles. The van der Waals surface area contributed by atoms with Crippen LogP contribution in [-0.2, 0) is 66.4 Å². The SMILES string of the molecule is C[C@@H]1O[C@@H](O[C@@H]2[C@@H](OC(=O)[C@]34CCC(C)(C)C[C@H]3C3=CC[C@@H]5[C@@]6(C)C[C@H](O)[C@H](O[C@@H]7O[C@H](CO)[C@@H](O)[C@H](O[C@@H]8O[C@H](CO)[C@@H](O)[C@H](O)[C@H]8O)[C@H]7O)[C@@](C)(C(=O)O)[C@@H]6CC[C@@]5(C)[C@]3(C)CC4)O[C@H](CO)[C@H]2O)[C@H](O)[C@H](O[C@@H]2OC[C@](O)(CO)[C@H]2O)[C@H]1O[C@@H]1O[C@H](CO)[C@H](O)[C@H]1O. The van der Waals surface area contributed by atoms with Crippen LogP contribution in [0.15, 0.2) is 11.6 Å². The van der Waals surface area contributed by atoms with Crippen LogP contribution in [0.2, 0.25) is 0 Å². The second-order valence-electron chi connectivity index (χ2n) is 30.5. The summed E-state index contributed by atoms with van der Waals surface area (Å²) in [7, 11) is 0. The highest BCUT2D eigenvalue weighted by Gasteiger charge is 2.73. The number of carbonyl (C=O) groups excluding carboxylic acids is 1. The monoisotopic (exact) mass is 1370 g/mol. The van der Waals surface area contributed by atoms with Crippen molar-refractivity contribution in [2.75, 3.05) is 39.6 Å². The van der Waals surface area contributed by atoms with Crippen LogP contribution in [0.1, 0.15) is 106 Å². The van der Waals surface area contributed by atoms with Gasteiger partial charge in [-0.2, -0.15) is 0 Å². The Morgan fingerprint density at radius 1 is 0.537 bits per heavy atom. The normalized spacial score (nSPS) is 54.4. The number of fused-ring (bicyclic) bond motifs is 7. The molecular weight excluding hydrogens is 1270 g/mol. The van der Waals surface area contributed by atoms with E-state index in [-0.39, 0.29) is 17.8 Å². The lowest BCUT2D eigenvalue weighted by Gasteiger charge is -2.71. The lowest BCUT2D eigenvalue weighted by atomic mass is 9.33. The van der Waals surface area contributed by atoms with Crippen molar-refractivity contribution in [3.05, 3.63) is 11.6 Å². The molecule has 0 unspecified atom stereocenters. The molecule has 95 heavy (non-hydrogen) atoms. The molecule has 0 spiro atoms. The number of aliphatic carboxylic acids is 1. The molecule has 0 bridgehead atoms. The van der Waals surface area contributed by atoms with Crippen molar-refractivity contribution in [1.82, 2.24) is 0 Å². The summed E-state index contributed by atoms with van der Waals surface area (Å²) in [6.45, 7) is 8.81. The van der Waals surface area contributed by atoms with Gasteiger partial charge in [-0.1, -0.05) is 46.3 Å². The summed E-state index contributed by atoms with van der Waals surface area (Å²) in [6, 6.07) is 0. The topological polar surface area (TPSA) is 509 Å². The molecule has 0 aromatic heterocycles. The van der Waals surface area contributed by atoms with Gasteiger partial charge in [-0.15, -0.1) is 0 Å². The summed E-state index contributed by atoms with van der Waals surface area (Å²) in [5.74, 6) is -3.42. The van der Waals surface area contributed by atoms with Crippen LogP contribution in [0.5, 0.6) is 0 Å². The van der Waals surface area contributed by atoms with Crippen LogP contribution in [0.4, 0.5) is 0 Å². The fourth-order valence-corrected chi connectivity index (χ4v) is 18.8. The van der Waals surface area contributed by atoms with Gasteiger partial charge < -0.3 is 149 Å². The lowest BCUT2D eigenvalue weighted by Crippen LogP contribution is -2.70. The maximum atomic E-state index is 15.6. The van der Waals surface area contributed by atoms with Crippen molar-refractivity contribution >= 4 is 11.9 Å². The minimum Gasteiger partial charge on any atom is -0.481 e. The van der Waals surface area contributed by atoms with E-state index in [0.29, 0.717) is 51.4 Å². The smallest absolute Gasteiger partial charge is 0.315 e. The van der Waals surface area contributed by atoms with Crippen molar-refractivity contribution in [3.8, 4) is 0 Å². The van der Waals surface area contributed by atoms with Gasteiger partial charge in [0, 0.05) is 0 Å². The van der Waals surface area contributed by atoms with E-state index in [9.17, 15) is 96.7 Å². The number of aliphatic hydroxyl groups excluding tert-OH is 16. The Balaban J connectivity index is 0.835. The first kappa shape index (κ1) is 73.8. The van der Waals surface area contributed by atoms with Crippen LogP contribution < -0.4 is 0 Å². The molecule has 0 radical (unpaired) electrons. The molecule has 544 valence electrons. The third-order valence-electron chi connectivity index (χ3n) is 24.7. The molecule has 6 saturated heterocycles. The van der Waals surface area contributed by atoms with E-state index in [1.54, 1.807) is 0 Å². The number of hydrogen-bond acceptors (Lipinski definition) is 31. The highest BCUT2D eigenvalue weighted by Crippen LogP contribution is 2.76. The second kappa shape index (κ2) is 27.1. The van der Waals surface area contributed by atoms with Gasteiger partial charge >= 0.3 is 11.9 Å². The Morgan fingerprint density at radius 2 is 1.04 bits per heavy atom. The minimum atomic E-state index is -2.19. The van der Waals surface area contributed by atoms with Crippen LogP contribution in [0.3, 0.4) is 0 Å². The van der Waals surface area contributed by atoms with Gasteiger partial charge in [0.1, 0.15) is 115 Å². The standard InChI is InChI=1S/C63H100O32/c1-24-43(90-49-39(75)35(71)29(19-65)87-49)45(92-54-47(79)63(83,22-68)23-84-54)42(78)51(85-24)93-46-37(73)31(21-67)89-53(46)95-56(82)62-14-12-57(2,3)16-26(62)25-8-9-32-58(4)17-27(69)48(61(7,55(80)81)33(58)10-11-60(32,6)59(25,5)13-15-62)94-52-41(77)44(36(72)30(20-66)88-52)91-50-40(76)38(74)34(70)28(18-64)86-50/h8,24,26-54,64-79,83H,9-23H2,1-7H3,(H,80,81)/t24-,26-,27-,28+,29+,30+,31+,32+,33+,34+,35-,36+,37+,38-,39+,40+,41+,42+,43-,44-,45-,46-,47-,48-,49-,50-,51-,52-,53+,54-,58+,59+,60+,61-,62-,63+/m0/s1. The van der Waals surface area contributed by atoms with E-state index in [0.717, 1.165) is 5.57 Å².